The van der Waals surface area contributed by atoms with Crippen molar-refractivity contribution in [3.63, 3.8) is 0 Å². The molecule has 0 fully saturated rings. The normalized spacial score (nSPS) is 12.1. The Bertz CT molecular complexity index is 1350. The number of carbonyl (C=O) groups is 2. The van der Waals surface area contributed by atoms with Gasteiger partial charge < -0.3 is 10.2 Å². The SMILES string of the molecule is CCCCCNC(=O)[C@H](Cc1ccccc1)N(Cc1ccc(F)cc1)C(=O)CCc1ccc(S(=O)(=O)NCC)cc1. The average molecular weight is 582 g/mol. The van der Waals surface area contributed by atoms with Crippen LogP contribution in [-0.2, 0) is 39.0 Å². The summed E-state index contributed by atoms with van der Waals surface area (Å²) in [7, 11) is -3.57. The van der Waals surface area contributed by atoms with Gasteiger partial charge in [0, 0.05) is 32.5 Å². The Morgan fingerprint density at radius 1 is 0.854 bits per heavy atom. The van der Waals surface area contributed by atoms with Crippen LogP contribution in [0.2, 0.25) is 0 Å². The molecule has 1 atom stereocenters. The summed E-state index contributed by atoms with van der Waals surface area (Å²) in [4.78, 5) is 29.1. The number of rotatable bonds is 16. The minimum absolute atomic E-state index is 0.120. The molecule has 7 nitrogen and oxygen atoms in total. The number of amides is 2. The van der Waals surface area contributed by atoms with Crippen molar-refractivity contribution in [3.05, 3.63) is 101 Å². The standard InChI is InChI=1S/C32H40FN3O4S/c1-3-5-9-22-34-32(38)30(23-26-10-7-6-8-11-26)36(24-27-12-17-28(33)18-13-27)31(37)21-16-25-14-19-29(20-15-25)41(39,40)35-4-2/h6-8,10-15,17-20,30,35H,3-5,9,16,21-24H2,1-2H3,(H,34,38)/t30-/m0/s1. The molecule has 2 N–H and O–H groups in total. The van der Waals surface area contributed by atoms with Gasteiger partial charge in [-0.3, -0.25) is 9.59 Å². The van der Waals surface area contributed by atoms with Crippen molar-refractivity contribution in [3.8, 4) is 0 Å². The molecule has 0 aliphatic rings. The molecule has 220 valence electrons. The zero-order valence-electron chi connectivity index (χ0n) is 23.8. The van der Waals surface area contributed by atoms with Crippen LogP contribution in [-0.4, -0.2) is 44.3 Å². The summed E-state index contributed by atoms with van der Waals surface area (Å²) in [5.74, 6) is -0.817. The molecule has 41 heavy (non-hydrogen) atoms. The molecule has 0 saturated heterocycles. The number of sulfonamides is 1. The molecular weight excluding hydrogens is 541 g/mol. The van der Waals surface area contributed by atoms with Crippen LogP contribution in [0, 0.1) is 5.82 Å². The van der Waals surface area contributed by atoms with Crippen LogP contribution in [0.15, 0.2) is 83.8 Å². The van der Waals surface area contributed by atoms with Crippen LogP contribution in [0.3, 0.4) is 0 Å². The largest absolute Gasteiger partial charge is 0.354 e. The van der Waals surface area contributed by atoms with E-state index < -0.39 is 16.1 Å². The Morgan fingerprint density at radius 3 is 2.15 bits per heavy atom. The fourth-order valence-corrected chi connectivity index (χ4v) is 5.59. The molecule has 0 bridgehead atoms. The molecule has 0 unspecified atom stereocenters. The van der Waals surface area contributed by atoms with Crippen LogP contribution < -0.4 is 10.0 Å². The van der Waals surface area contributed by atoms with E-state index in [1.54, 1.807) is 36.1 Å². The van der Waals surface area contributed by atoms with Crippen molar-refractivity contribution in [1.29, 1.82) is 0 Å². The summed E-state index contributed by atoms with van der Waals surface area (Å²) in [6.45, 7) is 4.78. The fraction of sp³-hybridized carbons (Fsp3) is 0.375. The number of halogens is 1. The Balaban J connectivity index is 1.84. The maximum absolute atomic E-state index is 13.8. The van der Waals surface area contributed by atoms with Crippen LogP contribution in [0.1, 0.15) is 56.2 Å². The second-order valence-electron chi connectivity index (χ2n) is 10.00. The first-order chi connectivity index (χ1) is 19.7. The number of unbranched alkanes of at least 4 members (excludes halogenated alkanes) is 2. The molecule has 0 saturated carbocycles. The predicted molar refractivity (Wildman–Crippen MR) is 159 cm³/mol. The van der Waals surface area contributed by atoms with Crippen LogP contribution in [0.25, 0.3) is 0 Å². The van der Waals surface area contributed by atoms with Gasteiger partial charge in [-0.15, -0.1) is 0 Å². The van der Waals surface area contributed by atoms with Crippen molar-refractivity contribution < 1.29 is 22.4 Å². The number of aryl methyl sites for hydroxylation is 1. The first-order valence-electron chi connectivity index (χ1n) is 14.2. The molecule has 3 aromatic rings. The first kappa shape index (κ1) is 32.0. The average Bonchev–Trinajstić information content (AvgIpc) is 2.97. The van der Waals surface area contributed by atoms with Crippen molar-refractivity contribution in [2.24, 2.45) is 0 Å². The van der Waals surface area contributed by atoms with Gasteiger partial charge in [-0.1, -0.05) is 81.3 Å². The summed E-state index contributed by atoms with van der Waals surface area (Å²) in [5, 5.41) is 3.02. The maximum Gasteiger partial charge on any atom is 0.243 e. The third-order valence-corrected chi connectivity index (χ3v) is 8.37. The molecule has 3 rings (SSSR count). The lowest BCUT2D eigenvalue weighted by atomic mass is 10.0. The van der Waals surface area contributed by atoms with Crippen molar-refractivity contribution in [2.45, 2.75) is 69.9 Å². The van der Waals surface area contributed by atoms with Gasteiger partial charge in [0.15, 0.2) is 0 Å². The maximum atomic E-state index is 13.8. The summed E-state index contributed by atoms with van der Waals surface area (Å²) >= 11 is 0. The topological polar surface area (TPSA) is 95.6 Å². The molecular formula is C32H40FN3O4S. The van der Waals surface area contributed by atoms with Crippen molar-refractivity contribution >= 4 is 21.8 Å². The Kier molecular flexibility index (Phi) is 12.5. The second kappa shape index (κ2) is 16.0. The lowest BCUT2D eigenvalue weighted by molar-refractivity contribution is -0.141. The quantitative estimate of drug-likeness (QED) is 0.233. The van der Waals surface area contributed by atoms with Gasteiger partial charge in [0.05, 0.1) is 4.90 Å². The van der Waals surface area contributed by atoms with Gasteiger partial charge >= 0.3 is 0 Å². The summed E-state index contributed by atoms with van der Waals surface area (Å²) in [6, 6.07) is 21.2. The number of nitrogens with zero attached hydrogens (tertiary/aromatic N) is 1. The molecule has 0 aliphatic heterocycles. The van der Waals surface area contributed by atoms with Crippen molar-refractivity contribution in [1.82, 2.24) is 14.9 Å². The van der Waals surface area contributed by atoms with Crippen LogP contribution in [0.5, 0.6) is 0 Å². The number of hydrogen-bond donors (Lipinski definition) is 2. The van der Waals surface area contributed by atoms with E-state index in [-0.39, 0.29) is 35.5 Å². The highest BCUT2D eigenvalue weighted by Gasteiger charge is 2.30. The molecule has 0 spiro atoms. The third kappa shape index (κ3) is 10.1. The molecule has 3 aromatic carbocycles. The van der Waals surface area contributed by atoms with Crippen molar-refractivity contribution in [2.75, 3.05) is 13.1 Å². The second-order valence-corrected chi connectivity index (χ2v) is 11.8. The molecule has 0 aliphatic carbocycles. The van der Waals surface area contributed by atoms with Gasteiger partial charge in [-0.25, -0.2) is 17.5 Å². The molecule has 2 amide bonds. The van der Waals surface area contributed by atoms with Crippen LogP contribution >= 0.6 is 0 Å². The summed E-state index contributed by atoms with van der Waals surface area (Å²) < 4.78 is 40.6. The van der Waals surface area contributed by atoms with E-state index >= 15 is 0 Å². The minimum Gasteiger partial charge on any atom is -0.354 e. The number of hydrogen-bond acceptors (Lipinski definition) is 4. The van der Waals surface area contributed by atoms with E-state index in [9.17, 15) is 22.4 Å². The molecule has 0 radical (unpaired) electrons. The van der Waals surface area contributed by atoms with Gasteiger partial charge in [0.2, 0.25) is 21.8 Å². The Morgan fingerprint density at radius 2 is 1.51 bits per heavy atom. The van der Waals surface area contributed by atoms with Gasteiger partial charge in [-0.05, 0) is 53.8 Å². The molecule has 9 heteroatoms. The third-order valence-electron chi connectivity index (χ3n) is 6.81. The predicted octanol–water partition coefficient (Wildman–Crippen LogP) is 5.00. The van der Waals surface area contributed by atoms with Crippen LogP contribution in [0.4, 0.5) is 4.39 Å². The molecule has 0 aromatic heterocycles. The van der Waals surface area contributed by atoms with E-state index in [0.29, 0.717) is 25.9 Å². The molecule has 0 heterocycles. The smallest absolute Gasteiger partial charge is 0.243 e. The van der Waals surface area contributed by atoms with E-state index in [1.807, 2.05) is 30.3 Å². The zero-order valence-corrected chi connectivity index (χ0v) is 24.6. The minimum atomic E-state index is -3.57. The monoisotopic (exact) mass is 581 g/mol. The lowest BCUT2D eigenvalue weighted by Crippen LogP contribution is -2.50. The highest BCUT2D eigenvalue weighted by atomic mass is 32.2. The Labute approximate surface area is 243 Å². The summed E-state index contributed by atoms with van der Waals surface area (Å²) in [6.07, 6.45) is 3.71. The highest BCUT2D eigenvalue weighted by molar-refractivity contribution is 7.89. The van der Waals surface area contributed by atoms with Gasteiger partial charge in [0.25, 0.3) is 0 Å². The highest BCUT2D eigenvalue weighted by Crippen LogP contribution is 2.18. The fourth-order valence-electron chi connectivity index (χ4n) is 4.55. The number of benzene rings is 3. The van der Waals surface area contributed by atoms with E-state index in [4.69, 9.17) is 0 Å². The number of carbonyl (C=O) groups excluding carboxylic acids is 2. The van der Waals surface area contributed by atoms with E-state index in [2.05, 4.69) is 17.0 Å². The summed E-state index contributed by atoms with van der Waals surface area (Å²) in [5.41, 5.74) is 2.45. The van der Waals surface area contributed by atoms with E-state index in [0.717, 1.165) is 36.0 Å². The zero-order chi connectivity index (χ0) is 29.7. The van der Waals surface area contributed by atoms with Gasteiger partial charge in [-0.2, -0.15) is 0 Å². The number of nitrogens with one attached hydrogen (secondary N) is 2. The first-order valence-corrected chi connectivity index (χ1v) is 15.7. The van der Waals surface area contributed by atoms with Gasteiger partial charge in [0.1, 0.15) is 11.9 Å². The van der Waals surface area contributed by atoms with E-state index in [1.165, 1.54) is 24.3 Å². The Hall–Kier alpha value is -3.56. The lowest BCUT2D eigenvalue weighted by Gasteiger charge is -2.31.